The van der Waals surface area contributed by atoms with Crippen LogP contribution in [0.1, 0.15) is 18.4 Å². The fraction of sp³-hybridized carbons (Fsp3) is 0.545. The van der Waals surface area contributed by atoms with E-state index in [2.05, 4.69) is 27.2 Å². The van der Waals surface area contributed by atoms with E-state index in [1.165, 1.54) is 5.56 Å². The molecule has 0 aliphatic carbocycles. The topological polar surface area (TPSA) is 58.4 Å². The Hall–Kier alpha value is -0.910. The molecule has 2 heterocycles. The van der Waals surface area contributed by atoms with E-state index in [9.17, 15) is 4.79 Å². The van der Waals surface area contributed by atoms with Crippen molar-refractivity contribution >= 4 is 17.2 Å². The van der Waals surface area contributed by atoms with E-state index in [1.807, 2.05) is 0 Å². The summed E-state index contributed by atoms with van der Waals surface area (Å²) < 4.78 is 0. The third kappa shape index (κ3) is 2.81. The quantitative estimate of drug-likeness (QED) is 0.469. The van der Waals surface area contributed by atoms with Crippen LogP contribution in [0.25, 0.3) is 0 Å². The minimum absolute atomic E-state index is 0.0324. The SMILES string of the molecule is NNC(=O)C1CCCN(Cc2ccsc2)C1. The molecule has 4 nitrogen and oxygen atoms in total. The summed E-state index contributed by atoms with van der Waals surface area (Å²) in [4.78, 5) is 13.8. The van der Waals surface area contributed by atoms with Gasteiger partial charge in [-0.2, -0.15) is 11.3 Å². The summed E-state index contributed by atoms with van der Waals surface area (Å²) >= 11 is 1.71. The van der Waals surface area contributed by atoms with Gasteiger partial charge in [-0.1, -0.05) is 0 Å². The number of amides is 1. The van der Waals surface area contributed by atoms with Gasteiger partial charge in [0.25, 0.3) is 0 Å². The molecule has 1 aliphatic heterocycles. The molecule has 0 aromatic carbocycles. The molecule has 2 rings (SSSR count). The molecule has 5 heteroatoms. The van der Waals surface area contributed by atoms with Crippen LogP contribution in [0.3, 0.4) is 0 Å². The zero-order valence-electron chi connectivity index (χ0n) is 9.19. The monoisotopic (exact) mass is 239 g/mol. The van der Waals surface area contributed by atoms with Gasteiger partial charge in [0.15, 0.2) is 0 Å². The highest BCUT2D eigenvalue weighted by atomic mass is 32.1. The summed E-state index contributed by atoms with van der Waals surface area (Å²) in [6.07, 6.45) is 2.02. The molecular formula is C11H17N3OS. The lowest BCUT2D eigenvalue weighted by molar-refractivity contribution is -0.126. The standard InChI is InChI=1S/C11H17N3OS/c12-13-11(15)10-2-1-4-14(7-10)6-9-3-5-16-8-9/h3,5,8,10H,1-2,4,6-7,12H2,(H,13,15). The predicted molar refractivity (Wildman–Crippen MR) is 64.7 cm³/mol. The number of thiophene rings is 1. The molecule has 1 aliphatic rings. The zero-order valence-corrected chi connectivity index (χ0v) is 10.0. The van der Waals surface area contributed by atoms with Crippen molar-refractivity contribution in [2.75, 3.05) is 13.1 Å². The van der Waals surface area contributed by atoms with E-state index in [0.717, 1.165) is 32.5 Å². The molecule has 1 aromatic rings. The van der Waals surface area contributed by atoms with Crippen molar-refractivity contribution in [3.05, 3.63) is 22.4 Å². The van der Waals surface area contributed by atoms with Gasteiger partial charge in [-0.25, -0.2) is 5.84 Å². The number of carbonyl (C=O) groups excluding carboxylic acids is 1. The van der Waals surface area contributed by atoms with Gasteiger partial charge in [-0.15, -0.1) is 0 Å². The maximum Gasteiger partial charge on any atom is 0.238 e. The molecule has 1 aromatic heterocycles. The van der Waals surface area contributed by atoms with E-state index in [1.54, 1.807) is 11.3 Å². The smallest absolute Gasteiger partial charge is 0.238 e. The van der Waals surface area contributed by atoms with E-state index in [0.29, 0.717) is 0 Å². The Bertz CT molecular complexity index is 339. The Kier molecular flexibility index (Phi) is 3.93. The molecule has 0 spiro atoms. The highest BCUT2D eigenvalue weighted by molar-refractivity contribution is 7.07. The van der Waals surface area contributed by atoms with Gasteiger partial charge in [0, 0.05) is 13.1 Å². The van der Waals surface area contributed by atoms with Crippen molar-refractivity contribution in [1.82, 2.24) is 10.3 Å². The maximum atomic E-state index is 11.5. The van der Waals surface area contributed by atoms with Crippen LogP contribution in [0.2, 0.25) is 0 Å². The molecule has 3 N–H and O–H groups in total. The van der Waals surface area contributed by atoms with Gasteiger partial charge in [0.2, 0.25) is 5.91 Å². The minimum atomic E-state index is -0.0324. The van der Waals surface area contributed by atoms with Crippen LogP contribution in [0, 0.1) is 5.92 Å². The van der Waals surface area contributed by atoms with Gasteiger partial charge in [-0.05, 0) is 41.8 Å². The van der Waals surface area contributed by atoms with E-state index >= 15 is 0 Å². The Labute approximate surface area is 99.4 Å². The first kappa shape index (κ1) is 11.6. The predicted octanol–water partition coefficient (Wildman–Crippen LogP) is 0.950. The highest BCUT2D eigenvalue weighted by Crippen LogP contribution is 2.19. The van der Waals surface area contributed by atoms with Gasteiger partial charge in [-0.3, -0.25) is 15.1 Å². The molecular weight excluding hydrogens is 222 g/mol. The normalized spacial score (nSPS) is 21.9. The van der Waals surface area contributed by atoms with Crippen LogP contribution >= 0.6 is 11.3 Å². The Morgan fingerprint density at radius 1 is 1.69 bits per heavy atom. The minimum Gasteiger partial charge on any atom is -0.298 e. The molecule has 16 heavy (non-hydrogen) atoms. The fourth-order valence-electron chi connectivity index (χ4n) is 2.17. The molecule has 0 bridgehead atoms. The first-order chi connectivity index (χ1) is 7.79. The molecule has 1 fully saturated rings. The molecule has 1 saturated heterocycles. The molecule has 0 saturated carbocycles. The van der Waals surface area contributed by atoms with Crippen molar-refractivity contribution in [2.24, 2.45) is 11.8 Å². The van der Waals surface area contributed by atoms with E-state index in [-0.39, 0.29) is 11.8 Å². The van der Waals surface area contributed by atoms with Crippen LogP contribution in [0.5, 0.6) is 0 Å². The van der Waals surface area contributed by atoms with Crippen LogP contribution in [-0.4, -0.2) is 23.9 Å². The van der Waals surface area contributed by atoms with Crippen LogP contribution < -0.4 is 11.3 Å². The number of hydrazine groups is 1. The second kappa shape index (κ2) is 5.43. The second-order valence-electron chi connectivity index (χ2n) is 4.21. The average Bonchev–Trinajstić information content (AvgIpc) is 2.81. The van der Waals surface area contributed by atoms with Crippen molar-refractivity contribution < 1.29 is 4.79 Å². The first-order valence-corrected chi connectivity index (χ1v) is 6.48. The maximum absolute atomic E-state index is 11.5. The number of hydrogen-bond acceptors (Lipinski definition) is 4. The Morgan fingerprint density at radius 3 is 3.25 bits per heavy atom. The van der Waals surface area contributed by atoms with Crippen molar-refractivity contribution in [2.45, 2.75) is 19.4 Å². The second-order valence-corrected chi connectivity index (χ2v) is 4.99. The summed E-state index contributed by atoms with van der Waals surface area (Å²) in [6, 6.07) is 2.14. The van der Waals surface area contributed by atoms with Crippen LogP contribution in [-0.2, 0) is 11.3 Å². The van der Waals surface area contributed by atoms with Crippen molar-refractivity contribution in [3.63, 3.8) is 0 Å². The summed E-state index contributed by atoms with van der Waals surface area (Å²) in [5, 5.41) is 4.25. The molecule has 1 atom stereocenters. The molecule has 1 amide bonds. The number of carbonyl (C=O) groups is 1. The number of piperidine rings is 1. The number of rotatable bonds is 3. The summed E-state index contributed by atoms with van der Waals surface area (Å²) in [7, 11) is 0. The number of nitrogens with one attached hydrogen (secondary N) is 1. The zero-order chi connectivity index (χ0) is 11.4. The summed E-state index contributed by atoms with van der Waals surface area (Å²) in [5.74, 6) is 5.19. The van der Waals surface area contributed by atoms with Gasteiger partial charge < -0.3 is 0 Å². The number of hydrogen-bond donors (Lipinski definition) is 2. The lowest BCUT2D eigenvalue weighted by atomic mass is 9.97. The number of nitrogens with zero attached hydrogens (tertiary/aromatic N) is 1. The third-order valence-corrected chi connectivity index (χ3v) is 3.74. The molecule has 0 radical (unpaired) electrons. The van der Waals surface area contributed by atoms with Crippen molar-refractivity contribution in [1.29, 1.82) is 0 Å². The number of nitrogens with two attached hydrogens (primary N) is 1. The van der Waals surface area contributed by atoms with E-state index in [4.69, 9.17) is 5.84 Å². The van der Waals surface area contributed by atoms with E-state index < -0.39 is 0 Å². The molecule has 1 unspecified atom stereocenters. The van der Waals surface area contributed by atoms with Gasteiger partial charge >= 0.3 is 0 Å². The lowest BCUT2D eigenvalue weighted by Crippen LogP contribution is -2.44. The Balaban J connectivity index is 1.89. The average molecular weight is 239 g/mol. The lowest BCUT2D eigenvalue weighted by Gasteiger charge is -2.31. The van der Waals surface area contributed by atoms with Crippen LogP contribution in [0.4, 0.5) is 0 Å². The largest absolute Gasteiger partial charge is 0.298 e. The third-order valence-electron chi connectivity index (χ3n) is 3.00. The van der Waals surface area contributed by atoms with Crippen molar-refractivity contribution in [3.8, 4) is 0 Å². The fourth-order valence-corrected chi connectivity index (χ4v) is 2.83. The highest BCUT2D eigenvalue weighted by Gasteiger charge is 2.25. The first-order valence-electron chi connectivity index (χ1n) is 5.53. The van der Waals surface area contributed by atoms with Gasteiger partial charge in [0.05, 0.1) is 5.92 Å². The number of likely N-dealkylation sites (tertiary alicyclic amines) is 1. The summed E-state index contributed by atoms with van der Waals surface area (Å²) in [5.41, 5.74) is 3.58. The summed E-state index contributed by atoms with van der Waals surface area (Å²) in [6.45, 7) is 2.83. The van der Waals surface area contributed by atoms with Crippen LogP contribution in [0.15, 0.2) is 16.8 Å². The molecule has 88 valence electrons. The van der Waals surface area contributed by atoms with Gasteiger partial charge in [0.1, 0.15) is 0 Å². The Morgan fingerprint density at radius 2 is 2.56 bits per heavy atom.